The molecule has 0 aromatic heterocycles. The number of ketones is 1. The average Bonchev–Trinajstić information content (AvgIpc) is 1.95. The predicted molar refractivity (Wildman–Crippen MR) is 37.5 cm³/mol. The fraction of sp³-hybridized carbons (Fsp3) is 0.625. The van der Waals surface area contributed by atoms with E-state index in [1.54, 1.807) is 0 Å². The fourth-order valence-electron chi connectivity index (χ4n) is 1.10. The van der Waals surface area contributed by atoms with Gasteiger partial charge in [-0.3, -0.25) is 4.79 Å². The molecule has 1 aliphatic carbocycles. The largest absolute Gasteiger partial charge is 0.292 e. The summed E-state index contributed by atoms with van der Waals surface area (Å²) in [5.41, 5.74) is 1.08. The molecule has 0 saturated heterocycles. The highest BCUT2D eigenvalue weighted by Crippen LogP contribution is 2.19. The van der Waals surface area contributed by atoms with Gasteiger partial charge in [0.05, 0.1) is 0 Å². The van der Waals surface area contributed by atoms with Crippen LogP contribution < -0.4 is 0 Å². The van der Waals surface area contributed by atoms with E-state index >= 15 is 0 Å². The van der Waals surface area contributed by atoms with Gasteiger partial charge in [0.25, 0.3) is 0 Å². The van der Waals surface area contributed by atoms with Gasteiger partial charge in [0.15, 0.2) is 12.0 Å². The zero-order valence-electron chi connectivity index (χ0n) is 6.06. The van der Waals surface area contributed by atoms with E-state index in [0.29, 0.717) is 6.42 Å². The van der Waals surface area contributed by atoms with Crippen LogP contribution in [0, 0.1) is 0 Å². The molecule has 10 heavy (non-hydrogen) atoms. The quantitative estimate of drug-likeness (QED) is 0.547. The van der Waals surface area contributed by atoms with Crippen molar-refractivity contribution in [3.8, 4) is 0 Å². The van der Waals surface area contributed by atoms with Crippen LogP contribution in [0.5, 0.6) is 0 Å². The normalized spacial score (nSPS) is 26.4. The standard InChI is InChI=1S/C8H11FO/c1-2-6-3-4-7(9)8(10)5-6/h5,7H,2-4H2,1H3. The molecule has 0 amide bonds. The lowest BCUT2D eigenvalue weighted by Crippen LogP contribution is -2.17. The zero-order chi connectivity index (χ0) is 7.56. The van der Waals surface area contributed by atoms with Crippen molar-refractivity contribution in [1.82, 2.24) is 0 Å². The van der Waals surface area contributed by atoms with E-state index in [2.05, 4.69) is 0 Å². The highest BCUT2D eigenvalue weighted by atomic mass is 19.1. The first-order chi connectivity index (χ1) is 4.74. The third kappa shape index (κ3) is 1.43. The molecule has 0 fully saturated rings. The average molecular weight is 142 g/mol. The Kier molecular flexibility index (Phi) is 2.20. The van der Waals surface area contributed by atoms with Crippen LogP contribution in [-0.2, 0) is 4.79 Å². The zero-order valence-corrected chi connectivity index (χ0v) is 6.06. The Morgan fingerprint density at radius 2 is 2.50 bits per heavy atom. The predicted octanol–water partition coefficient (Wildman–Crippen LogP) is 2.02. The van der Waals surface area contributed by atoms with Crippen molar-refractivity contribution in [2.45, 2.75) is 32.4 Å². The second-order valence-corrected chi connectivity index (χ2v) is 2.56. The number of alkyl halides is 1. The van der Waals surface area contributed by atoms with Gasteiger partial charge < -0.3 is 0 Å². The number of allylic oxidation sites excluding steroid dienone is 2. The molecule has 0 radical (unpaired) electrons. The summed E-state index contributed by atoms with van der Waals surface area (Å²) in [6, 6.07) is 0. The minimum Gasteiger partial charge on any atom is -0.292 e. The molecule has 0 heterocycles. The van der Waals surface area contributed by atoms with Gasteiger partial charge in [0.1, 0.15) is 0 Å². The van der Waals surface area contributed by atoms with Crippen LogP contribution in [0.4, 0.5) is 4.39 Å². The van der Waals surface area contributed by atoms with Crippen LogP contribution in [0.15, 0.2) is 11.6 Å². The van der Waals surface area contributed by atoms with E-state index in [1.165, 1.54) is 6.08 Å². The van der Waals surface area contributed by atoms with Gasteiger partial charge in [0, 0.05) is 0 Å². The summed E-state index contributed by atoms with van der Waals surface area (Å²) < 4.78 is 12.5. The van der Waals surface area contributed by atoms with Crippen LogP contribution in [-0.4, -0.2) is 12.0 Å². The van der Waals surface area contributed by atoms with E-state index in [0.717, 1.165) is 18.4 Å². The molecule has 0 aromatic rings. The Labute approximate surface area is 59.9 Å². The topological polar surface area (TPSA) is 17.1 Å². The molecule has 0 aliphatic heterocycles. The minimum atomic E-state index is -1.23. The molecule has 2 heteroatoms. The molecule has 1 aliphatic rings. The Hall–Kier alpha value is -0.660. The molecule has 0 saturated carbocycles. The van der Waals surface area contributed by atoms with Gasteiger partial charge in [-0.15, -0.1) is 0 Å². The summed E-state index contributed by atoms with van der Waals surface area (Å²) in [5.74, 6) is -0.344. The number of carbonyl (C=O) groups is 1. The molecule has 0 bridgehead atoms. The lowest BCUT2D eigenvalue weighted by atomic mass is 9.96. The first-order valence-corrected chi connectivity index (χ1v) is 3.61. The Balaban J connectivity index is 2.66. The van der Waals surface area contributed by atoms with Crippen LogP contribution >= 0.6 is 0 Å². The van der Waals surface area contributed by atoms with Crippen molar-refractivity contribution < 1.29 is 9.18 Å². The van der Waals surface area contributed by atoms with Gasteiger partial charge in [-0.05, 0) is 25.3 Å². The highest BCUT2D eigenvalue weighted by molar-refractivity contribution is 5.94. The smallest absolute Gasteiger partial charge is 0.189 e. The van der Waals surface area contributed by atoms with E-state index < -0.39 is 6.17 Å². The van der Waals surface area contributed by atoms with Gasteiger partial charge >= 0.3 is 0 Å². The van der Waals surface area contributed by atoms with Crippen LogP contribution in [0.3, 0.4) is 0 Å². The van der Waals surface area contributed by atoms with Gasteiger partial charge in [-0.25, -0.2) is 4.39 Å². The number of hydrogen-bond acceptors (Lipinski definition) is 1. The van der Waals surface area contributed by atoms with Gasteiger partial charge in [0.2, 0.25) is 0 Å². The lowest BCUT2D eigenvalue weighted by Gasteiger charge is -2.12. The molecule has 1 unspecified atom stereocenters. The summed E-state index contributed by atoms with van der Waals surface area (Å²) in [4.78, 5) is 10.7. The minimum absolute atomic E-state index is 0.344. The second-order valence-electron chi connectivity index (χ2n) is 2.56. The van der Waals surface area contributed by atoms with Crippen molar-refractivity contribution in [1.29, 1.82) is 0 Å². The van der Waals surface area contributed by atoms with E-state index in [-0.39, 0.29) is 5.78 Å². The fourth-order valence-corrected chi connectivity index (χ4v) is 1.10. The molecule has 1 nitrogen and oxygen atoms in total. The van der Waals surface area contributed by atoms with Crippen molar-refractivity contribution in [2.75, 3.05) is 0 Å². The molecular formula is C8H11FO. The van der Waals surface area contributed by atoms with Crippen molar-refractivity contribution in [3.63, 3.8) is 0 Å². The summed E-state index contributed by atoms with van der Waals surface area (Å²) in [6.45, 7) is 1.98. The second kappa shape index (κ2) is 2.95. The molecule has 1 atom stereocenters. The summed E-state index contributed by atoms with van der Waals surface area (Å²) in [6.07, 6.45) is 2.24. The van der Waals surface area contributed by atoms with Crippen molar-refractivity contribution in [2.24, 2.45) is 0 Å². The van der Waals surface area contributed by atoms with Crippen molar-refractivity contribution >= 4 is 5.78 Å². The summed E-state index contributed by atoms with van der Waals surface area (Å²) in [7, 11) is 0. The van der Waals surface area contributed by atoms with Crippen molar-refractivity contribution in [3.05, 3.63) is 11.6 Å². The van der Waals surface area contributed by atoms with Gasteiger partial charge in [-0.1, -0.05) is 12.5 Å². The third-order valence-electron chi connectivity index (χ3n) is 1.83. The summed E-state index contributed by atoms with van der Waals surface area (Å²) in [5, 5.41) is 0. The van der Waals surface area contributed by atoms with Gasteiger partial charge in [-0.2, -0.15) is 0 Å². The first kappa shape index (κ1) is 7.45. The maximum absolute atomic E-state index is 12.5. The Morgan fingerprint density at radius 3 is 3.00 bits per heavy atom. The van der Waals surface area contributed by atoms with E-state index in [4.69, 9.17) is 0 Å². The molecule has 0 spiro atoms. The Bertz CT molecular complexity index is 172. The molecular weight excluding hydrogens is 131 g/mol. The van der Waals surface area contributed by atoms with Crippen LogP contribution in [0.25, 0.3) is 0 Å². The number of halogens is 1. The molecule has 0 N–H and O–H groups in total. The van der Waals surface area contributed by atoms with Crippen LogP contribution in [0.1, 0.15) is 26.2 Å². The Morgan fingerprint density at radius 1 is 1.80 bits per heavy atom. The number of rotatable bonds is 1. The monoisotopic (exact) mass is 142 g/mol. The van der Waals surface area contributed by atoms with E-state index in [9.17, 15) is 9.18 Å². The van der Waals surface area contributed by atoms with Crippen LogP contribution in [0.2, 0.25) is 0 Å². The lowest BCUT2D eigenvalue weighted by molar-refractivity contribution is -0.119. The number of hydrogen-bond donors (Lipinski definition) is 0. The molecule has 56 valence electrons. The molecule has 0 aromatic carbocycles. The third-order valence-corrected chi connectivity index (χ3v) is 1.83. The molecule has 1 rings (SSSR count). The maximum Gasteiger partial charge on any atom is 0.189 e. The maximum atomic E-state index is 12.5. The summed E-state index contributed by atoms with van der Waals surface area (Å²) >= 11 is 0. The SMILES string of the molecule is CCC1=CC(=O)C(F)CC1. The van der Waals surface area contributed by atoms with E-state index in [1.807, 2.05) is 6.92 Å². The highest BCUT2D eigenvalue weighted by Gasteiger charge is 2.19. The first-order valence-electron chi connectivity index (χ1n) is 3.61. The number of carbonyl (C=O) groups excluding carboxylic acids is 1.